The summed E-state index contributed by atoms with van der Waals surface area (Å²) >= 11 is 0. The Morgan fingerprint density at radius 3 is 2.43 bits per heavy atom. The average Bonchev–Trinajstić information content (AvgIpc) is 2.56. The molecule has 0 unspecified atom stereocenters. The van der Waals surface area contributed by atoms with Gasteiger partial charge in [-0.1, -0.05) is 38.1 Å². The maximum atomic E-state index is 12.2. The summed E-state index contributed by atoms with van der Waals surface area (Å²) in [5.74, 6) is 0.423. The summed E-state index contributed by atoms with van der Waals surface area (Å²) in [6.45, 7) is 4.18. The lowest BCUT2D eigenvalue weighted by atomic mass is 9.99. The van der Waals surface area contributed by atoms with Gasteiger partial charge < -0.3 is 5.11 Å². The molecule has 23 heavy (non-hydrogen) atoms. The zero-order chi connectivity index (χ0) is 16.9. The van der Waals surface area contributed by atoms with Crippen LogP contribution in [-0.4, -0.2) is 19.7 Å². The molecule has 0 heterocycles. The van der Waals surface area contributed by atoms with E-state index in [0.29, 0.717) is 11.5 Å². The van der Waals surface area contributed by atoms with Crippen LogP contribution in [0.25, 0.3) is 0 Å². The van der Waals surface area contributed by atoms with Crippen LogP contribution in [0, 0.1) is 0 Å². The molecule has 0 amide bonds. The van der Waals surface area contributed by atoms with Crippen molar-refractivity contribution < 1.29 is 13.5 Å². The fraction of sp³-hybridized carbons (Fsp3) is 0.235. The Morgan fingerprint density at radius 2 is 1.83 bits per heavy atom. The molecule has 2 N–H and O–H groups in total. The van der Waals surface area contributed by atoms with Crippen LogP contribution in [-0.2, 0) is 10.0 Å². The second-order valence-corrected chi connectivity index (χ2v) is 6.95. The maximum Gasteiger partial charge on any atom is 0.276 e. The second kappa shape index (κ2) is 7.28. The number of para-hydroxylation sites is 1. The number of hydrogen-bond acceptors (Lipinski definition) is 4. The highest BCUT2D eigenvalue weighted by molar-refractivity contribution is 7.89. The van der Waals surface area contributed by atoms with Crippen LogP contribution >= 0.6 is 0 Å². The molecule has 0 aliphatic carbocycles. The highest BCUT2D eigenvalue weighted by atomic mass is 32.2. The first-order chi connectivity index (χ1) is 10.9. The van der Waals surface area contributed by atoms with Gasteiger partial charge in [-0.2, -0.15) is 13.5 Å². The number of phenolic OH excluding ortho intramolecular Hbond substituents is 1. The first kappa shape index (κ1) is 17.0. The van der Waals surface area contributed by atoms with Gasteiger partial charge in [0.25, 0.3) is 10.0 Å². The lowest BCUT2D eigenvalue weighted by molar-refractivity contribution is 0.474. The van der Waals surface area contributed by atoms with Crippen LogP contribution < -0.4 is 4.83 Å². The second-order valence-electron chi connectivity index (χ2n) is 5.29. The van der Waals surface area contributed by atoms with Gasteiger partial charge in [-0.05, 0) is 42.2 Å². The predicted molar refractivity (Wildman–Crippen MR) is 91.2 cm³/mol. The Morgan fingerprint density at radius 1 is 1.17 bits per heavy atom. The zero-order valence-electron chi connectivity index (χ0n) is 13.1. The van der Waals surface area contributed by atoms with Gasteiger partial charge in [-0.25, -0.2) is 4.83 Å². The SMILES string of the molecule is CC[C@@H](C)c1ccc(S(=O)(=O)N/N=C\c2ccccc2O)cc1. The lowest BCUT2D eigenvalue weighted by Crippen LogP contribution is -2.18. The Kier molecular flexibility index (Phi) is 5.39. The monoisotopic (exact) mass is 332 g/mol. The first-order valence-corrected chi connectivity index (χ1v) is 8.85. The number of hydrogen-bond donors (Lipinski definition) is 2. The van der Waals surface area contributed by atoms with Gasteiger partial charge in [0.05, 0.1) is 11.1 Å². The Bertz CT molecular complexity index is 784. The molecule has 6 heteroatoms. The number of nitrogens with zero attached hydrogens (tertiary/aromatic N) is 1. The van der Waals surface area contributed by atoms with E-state index in [0.717, 1.165) is 12.0 Å². The average molecular weight is 332 g/mol. The van der Waals surface area contributed by atoms with E-state index in [1.54, 1.807) is 30.3 Å². The van der Waals surface area contributed by atoms with Crippen molar-refractivity contribution >= 4 is 16.2 Å². The molecule has 2 aromatic rings. The van der Waals surface area contributed by atoms with Crippen LogP contribution in [0.2, 0.25) is 0 Å². The van der Waals surface area contributed by atoms with E-state index in [-0.39, 0.29) is 10.6 Å². The predicted octanol–water partition coefficient (Wildman–Crippen LogP) is 3.22. The molecule has 2 rings (SSSR count). The van der Waals surface area contributed by atoms with Gasteiger partial charge in [0.2, 0.25) is 0 Å². The minimum atomic E-state index is -3.72. The standard InChI is InChI=1S/C17H20N2O3S/c1-3-13(2)14-8-10-16(11-9-14)23(21,22)19-18-12-15-6-4-5-7-17(15)20/h4-13,19-20H,3H2,1-2H3/b18-12-/t13-/m1/s1. The normalized spacial score (nSPS) is 13.1. The van der Waals surface area contributed by atoms with E-state index >= 15 is 0 Å². The third kappa shape index (κ3) is 4.32. The number of phenols is 1. The highest BCUT2D eigenvalue weighted by Crippen LogP contribution is 2.20. The molecule has 0 fully saturated rings. The maximum absolute atomic E-state index is 12.2. The van der Waals surface area contributed by atoms with Crippen molar-refractivity contribution in [1.29, 1.82) is 0 Å². The fourth-order valence-corrected chi connectivity index (χ4v) is 2.82. The molecule has 0 aliphatic heterocycles. The van der Waals surface area contributed by atoms with Crippen molar-refractivity contribution in [1.82, 2.24) is 4.83 Å². The van der Waals surface area contributed by atoms with Gasteiger partial charge >= 0.3 is 0 Å². The third-order valence-corrected chi connectivity index (χ3v) is 4.92. The van der Waals surface area contributed by atoms with Crippen molar-refractivity contribution in [3.63, 3.8) is 0 Å². The summed E-state index contributed by atoms with van der Waals surface area (Å²) in [6, 6.07) is 13.3. The van der Waals surface area contributed by atoms with Crippen molar-refractivity contribution in [2.75, 3.05) is 0 Å². The minimum absolute atomic E-state index is 0.0355. The van der Waals surface area contributed by atoms with Crippen molar-refractivity contribution in [2.24, 2.45) is 5.10 Å². The molecule has 0 saturated carbocycles. The Balaban J connectivity index is 2.11. The minimum Gasteiger partial charge on any atom is -0.507 e. The number of rotatable bonds is 6. The topological polar surface area (TPSA) is 78.8 Å². The summed E-state index contributed by atoms with van der Waals surface area (Å²) in [5, 5.41) is 13.3. The molecule has 0 radical (unpaired) electrons. The van der Waals surface area contributed by atoms with Crippen LogP contribution in [0.15, 0.2) is 58.5 Å². The Hall–Kier alpha value is -2.34. The van der Waals surface area contributed by atoms with E-state index in [1.807, 2.05) is 12.1 Å². The largest absolute Gasteiger partial charge is 0.507 e. The molecular formula is C17H20N2O3S. The van der Waals surface area contributed by atoms with Gasteiger partial charge in [-0.15, -0.1) is 0 Å². The number of nitrogens with one attached hydrogen (secondary N) is 1. The van der Waals surface area contributed by atoms with E-state index in [4.69, 9.17) is 0 Å². The number of aromatic hydroxyl groups is 1. The molecular weight excluding hydrogens is 312 g/mol. The molecule has 122 valence electrons. The quantitative estimate of drug-likeness (QED) is 0.630. The summed E-state index contributed by atoms with van der Waals surface area (Å²) < 4.78 is 24.3. The van der Waals surface area contributed by atoms with Gasteiger partial charge in [0.15, 0.2) is 0 Å². The van der Waals surface area contributed by atoms with Crippen LogP contribution in [0.4, 0.5) is 0 Å². The number of hydrazone groups is 1. The highest BCUT2D eigenvalue weighted by Gasteiger charge is 2.13. The summed E-state index contributed by atoms with van der Waals surface area (Å²) in [5.41, 5.74) is 1.53. The van der Waals surface area contributed by atoms with E-state index in [2.05, 4.69) is 23.8 Å². The van der Waals surface area contributed by atoms with Crippen LogP contribution in [0.1, 0.15) is 37.3 Å². The van der Waals surface area contributed by atoms with Gasteiger partial charge in [-0.3, -0.25) is 0 Å². The van der Waals surface area contributed by atoms with Crippen LogP contribution in [0.3, 0.4) is 0 Å². The molecule has 5 nitrogen and oxygen atoms in total. The summed E-state index contributed by atoms with van der Waals surface area (Å²) in [7, 11) is -3.72. The molecule has 0 aliphatic rings. The van der Waals surface area contributed by atoms with Crippen molar-refractivity contribution in [3.05, 3.63) is 59.7 Å². The summed E-state index contributed by atoms with van der Waals surface area (Å²) in [6.07, 6.45) is 2.26. The van der Waals surface area contributed by atoms with Crippen molar-refractivity contribution in [3.8, 4) is 5.75 Å². The molecule has 0 spiro atoms. The smallest absolute Gasteiger partial charge is 0.276 e. The number of benzene rings is 2. The van der Waals surface area contributed by atoms with Gasteiger partial charge in [0.1, 0.15) is 5.75 Å². The molecule has 0 saturated heterocycles. The number of sulfonamides is 1. The van der Waals surface area contributed by atoms with E-state index in [1.165, 1.54) is 12.3 Å². The molecule has 0 aromatic heterocycles. The molecule has 1 atom stereocenters. The molecule has 2 aromatic carbocycles. The molecule has 0 bridgehead atoms. The Labute approximate surface area is 136 Å². The van der Waals surface area contributed by atoms with E-state index < -0.39 is 10.0 Å². The van der Waals surface area contributed by atoms with Crippen LogP contribution in [0.5, 0.6) is 5.75 Å². The van der Waals surface area contributed by atoms with E-state index in [9.17, 15) is 13.5 Å². The zero-order valence-corrected chi connectivity index (χ0v) is 13.9. The third-order valence-electron chi connectivity index (χ3n) is 3.69. The van der Waals surface area contributed by atoms with Gasteiger partial charge in [0, 0.05) is 5.56 Å². The lowest BCUT2D eigenvalue weighted by Gasteiger charge is -2.09. The van der Waals surface area contributed by atoms with Crippen molar-refractivity contribution in [2.45, 2.75) is 31.1 Å². The first-order valence-electron chi connectivity index (χ1n) is 7.37. The summed E-state index contributed by atoms with van der Waals surface area (Å²) in [4.78, 5) is 2.30. The fourth-order valence-electron chi connectivity index (χ4n) is 2.03.